The molecule has 0 aliphatic carbocycles. The lowest BCUT2D eigenvalue weighted by Crippen LogP contribution is -2.59. The number of anilines is 1. The summed E-state index contributed by atoms with van der Waals surface area (Å²) in [6, 6.07) is 4.88. The molecular formula is C18H19ClN2O4. The van der Waals surface area contributed by atoms with Gasteiger partial charge >= 0.3 is 5.97 Å². The van der Waals surface area contributed by atoms with Gasteiger partial charge in [-0.05, 0) is 37.1 Å². The van der Waals surface area contributed by atoms with E-state index in [2.05, 4.69) is 5.32 Å². The number of nitrogens with zero attached hydrogens (tertiary/aromatic N) is 1. The smallest absolute Gasteiger partial charge is 0.326 e. The lowest BCUT2D eigenvalue weighted by atomic mass is 9.89. The van der Waals surface area contributed by atoms with Crippen molar-refractivity contribution >= 4 is 34.9 Å². The maximum Gasteiger partial charge on any atom is 0.326 e. The average molecular weight is 363 g/mol. The quantitative estimate of drug-likeness (QED) is 0.807. The predicted molar refractivity (Wildman–Crippen MR) is 93.5 cm³/mol. The second-order valence-corrected chi connectivity index (χ2v) is 6.78. The molecule has 1 aromatic rings. The molecule has 0 unspecified atom stereocenters. The normalized spacial score (nSPS) is 27.9. The van der Waals surface area contributed by atoms with Crippen LogP contribution in [0.3, 0.4) is 0 Å². The molecule has 0 spiro atoms. The third-order valence-electron chi connectivity index (χ3n) is 4.58. The van der Waals surface area contributed by atoms with Crippen molar-refractivity contribution in [3.05, 3.63) is 41.4 Å². The van der Waals surface area contributed by atoms with Crippen molar-refractivity contribution in [2.75, 3.05) is 5.32 Å². The lowest BCUT2D eigenvalue weighted by molar-refractivity contribution is -0.158. The van der Waals surface area contributed by atoms with Crippen LogP contribution in [0, 0.1) is 0 Å². The summed E-state index contributed by atoms with van der Waals surface area (Å²) in [5.74, 6) is -1.54. The molecule has 7 heteroatoms. The van der Waals surface area contributed by atoms with E-state index < -0.39 is 24.1 Å². The zero-order chi connectivity index (χ0) is 18.0. The maximum absolute atomic E-state index is 13.1. The van der Waals surface area contributed by atoms with Gasteiger partial charge in [-0.1, -0.05) is 23.8 Å². The summed E-state index contributed by atoms with van der Waals surface area (Å²) in [4.78, 5) is 37.9. The molecule has 2 heterocycles. The Bertz CT molecular complexity index is 716. The number of piperidine rings is 1. The minimum Gasteiger partial charge on any atom is -0.480 e. The first-order chi connectivity index (χ1) is 12.0. The molecule has 25 heavy (non-hydrogen) atoms. The Morgan fingerprint density at radius 3 is 2.48 bits per heavy atom. The van der Waals surface area contributed by atoms with Crippen LogP contribution >= 0.6 is 11.6 Å². The fourth-order valence-corrected chi connectivity index (χ4v) is 3.51. The van der Waals surface area contributed by atoms with Crippen LogP contribution in [0.4, 0.5) is 5.69 Å². The molecule has 6 nitrogen and oxygen atoms in total. The van der Waals surface area contributed by atoms with Gasteiger partial charge in [-0.15, -0.1) is 0 Å². The Hall–Kier alpha value is -2.34. The van der Waals surface area contributed by atoms with Crippen molar-refractivity contribution in [1.29, 1.82) is 0 Å². The number of carboxylic acids is 1. The Balaban J connectivity index is 1.87. The average Bonchev–Trinajstić information content (AvgIpc) is 2.57. The van der Waals surface area contributed by atoms with Gasteiger partial charge in [-0.2, -0.15) is 0 Å². The van der Waals surface area contributed by atoms with Crippen LogP contribution in [-0.4, -0.2) is 45.8 Å². The molecule has 2 N–H and O–H groups in total. The minimum absolute atomic E-state index is 0.113. The second-order valence-electron chi connectivity index (χ2n) is 6.35. The van der Waals surface area contributed by atoms with Gasteiger partial charge < -0.3 is 15.3 Å². The first kappa shape index (κ1) is 17.5. The van der Waals surface area contributed by atoms with Crippen molar-refractivity contribution in [3.8, 4) is 0 Å². The Labute approximate surface area is 150 Å². The van der Waals surface area contributed by atoms with Gasteiger partial charge in [0.25, 0.3) is 0 Å². The summed E-state index contributed by atoms with van der Waals surface area (Å²) in [7, 11) is 0. The molecule has 132 valence electrons. The zero-order valence-electron chi connectivity index (χ0n) is 13.5. The van der Waals surface area contributed by atoms with Gasteiger partial charge in [0.2, 0.25) is 5.91 Å². The first-order valence-corrected chi connectivity index (χ1v) is 8.57. The topological polar surface area (TPSA) is 86.7 Å². The number of hydrogen-bond donors (Lipinski definition) is 2. The molecule has 3 rings (SSSR count). The van der Waals surface area contributed by atoms with E-state index in [9.17, 15) is 19.5 Å². The Morgan fingerprint density at radius 2 is 1.80 bits per heavy atom. The molecule has 0 radical (unpaired) electrons. The largest absolute Gasteiger partial charge is 0.480 e. The number of ketones is 1. The van der Waals surface area contributed by atoms with Crippen LogP contribution < -0.4 is 5.32 Å². The molecule has 2 aliphatic heterocycles. The molecule has 3 atom stereocenters. The fraction of sp³-hybridized carbons (Fsp3) is 0.389. The van der Waals surface area contributed by atoms with Gasteiger partial charge in [-0.3, -0.25) is 9.59 Å². The highest BCUT2D eigenvalue weighted by Crippen LogP contribution is 2.27. The van der Waals surface area contributed by atoms with Crippen molar-refractivity contribution in [2.24, 2.45) is 0 Å². The van der Waals surface area contributed by atoms with E-state index in [1.165, 1.54) is 4.90 Å². The number of nitrogens with one attached hydrogen (secondary N) is 1. The van der Waals surface area contributed by atoms with E-state index >= 15 is 0 Å². The van der Waals surface area contributed by atoms with Gasteiger partial charge in [0.05, 0.1) is 0 Å². The second kappa shape index (κ2) is 7.27. The number of Topliss-reactive ketones (excluding diaryl/α,β-unsaturated/α-hetero) is 1. The molecule has 0 saturated carbocycles. The fourth-order valence-electron chi connectivity index (χ4n) is 3.38. The summed E-state index contributed by atoms with van der Waals surface area (Å²) in [6.45, 7) is 0. The highest BCUT2D eigenvalue weighted by molar-refractivity contribution is 6.30. The number of rotatable bonds is 3. The molecule has 2 aliphatic rings. The van der Waals surface area contributed by atoms with Gasteiger partial charge in [0.1, 0.15) is 17.9 Å². The van der Waals surface area contributed by atoms with Crippen LogP contribution in [-0.2, 0) is 14.4 Å². The summed E-state index contributed by atoms with van der Waals surface area (Å²) in [5.41, 5.74) is 0.730. The molecular weight excluding hydrogens is 344 g/mol. The summed E-state index contributed by atoms with van der Waals surface area (Å²) < 4.78 is 0. The number of carbonyl (C=O) groups is 3. The number of carbonyl (C=O) groups excluding carboxylic acids is 2. The zero-order valence-corrected chi connectivity index (χ0v) is 14.3. The summed E-state index contributed by atoms with van der Waals surface area (Å²) in [5, 5.41) is 13.2. The Kier molecular flexibility index (Phi) is 5.08. The van der Waals surface area contributed by atoms with Crippen molar-refractivity contribution in [3.63, 3.8) is 0 Å². The molecule has 0 bridgehead atoms. The maximum atomic E-state index is 13.1. The SMILES string of the molecule is O=C1C[C@@H]2C/C=C\C[C@H](Nc3ccc(Cl)cc3)C(=O)N2[C@H](C(=O)O)C1. The summed E-state index contributed by atoms with van der Waals surface area (Å²) in [6.07, 6.45) is 4.83. The molecule has 1 aromatic carbocycles. The molecule has 1 amide bonds. The van der Waals surface area contributed by atoms with Gasteiger partial charge in [0.15, 0.2) is 0 Å². The van der Waals surface area contributed by atoms with E-state index in [0.717, 1.165) is 5.69 Å². The van der Waals surface area contributed by atoms with Crippen LogP contribution in [0.15, 0.2) is 36.4 Å². The number of carboxylic acid groups (broad SMARTS) is 1. The van der Waals surface area contributed by atoms with Crippen molar-refractivity contribution in [1.82, 2.24) is 4.90 Å². The van der Waals surface area contributed by atoms with Crippen LogP contribution in [0.2, 0.25) is 5.02 Å². The highest BCUT2D eigenvalue weighted by Gasteiger charge is 2.43. The summed E-state index contributed by atoms with van der Waals surface area (Å²) >= 11 is 5.88. The highest BCUT2D eigenvalue weighted by atomic mass is 35.5. The van der Waals surface area contributed by atoms with Gasteiger partial charge in [0, 0.05) is 29.6 Å². The van der Waals surface area contributed by atoms with Crippen molar-refractivity contribution < 1.29 is 19.5 Å². The third kappa shape index (κ3) is 3.85. The first-order valence-electron chi connectivity index (χ1n) is 8.19. The number of aliphatic carboxylic acids is 1. The molecule has 1 saturated heterocycles. The van der Waals surface area contributed by atoms with Crippen LogP contribution in [0.5, 0.6) is 0 Å². The number of halogens is 1. The number of hydrogen-bond acceptors (Lipinski definition) is 4. The Morgan fingerprint density at radius 1 is 1.12 bits per heavy atom. The lowest BCUT2D eigenvalue weighted by Gasteiger charge is -2.41. The van der Waals surface area contributed by atoms with Crippen LogP contribution in [0.1, 0.15) is 25.7 Å². The van der Waals surface area contributed by atoms with E-state index in [0.29, 0.717) is 17.9 Å². The van der Waals surface area contributed by atoms with E-state index in [-0.39, 0.29) is 24.5 Å². The van der Waals surface area contributed by atoms with Crippen molar-refractivity contribution in [2.45, 2.75) is 43.8 Å². The number of benzene rings is 1. The number of amides is 1. The molecule has 0 aromatic heterocycles. The number of fused-ring (bicyclic) bond motifs is 1. The monoisotopic (exact) mass is 362 g/mol. The van der Waals surface area contributed by atoms with E-state index in [4.69, 9.17) is 11.6 Å². The van der Waals surface area contributed by atoms with E-state index in [1.54, 1.807) is 24.3 Å². The van der Waals surface area contributed by atoms with Gasteiger partial charge in [-0.25, -0.2) is 4.79 Å². The van der Waals surface area contributed by atoms with Crippen LogP contribution in [0.25, 0.3) is 0 Å². The minimum atomic E-state index is -1.14. The predicted octanol–water partition coefficient (Wildman–Crippen LogP) is 2.48. The third-order valence-corrected chi connectivity index (χ3v) is 4.83. The molecule has 1 fully saturated rings. The standard InChI is InChI=1S/C18H19ClN2O4/c19-11-5-7-12(8-6-11)20-15-4-2-1-3-13-9-14(22)10-16(18(24)25)21(13)17(15)23/h1-2,5-8,13,15-16,20H,3-4,9-10H2,(H,24,25)/b2-1-/t13-,15-,16-/m0/s1. The van der Waals surface area contributed by atoms with E-state index in [1.807, 2.05) is 12.2 Å².